The number of benzene rings is 1. The maximum absolute atomic E-state index is 5.47. The lowest BCUT2D eigenvalue weighted by molar-refractivity contribution is 0.355. The molecule has 1 N–H and O–H groups in total. The summed E-state index contributed by atoms with van der Waals surface area (Å²) in [6, 6.07) is 6.05. The summed E-state index contributed by atoms with van der Waals surface area (Å²) in [5, 5.41) is 2.83. The fraction of sp³-hybridized carbons (Fsp3) is 0.250. The van der Waals surface area contributed by atoms with Crippen LogP contribution < -0.4 is 14.8 Å². The first-order valence-electron chi connectivity index (χ1n) is 5.14. The number of rotatable bonds is 4. The first kappa shape index (κ1) is 11.3. The van der Waals surface area contributed by atoms with Crippen LogP contribution in [0.15, 0.2) is 28.8 Å². The summed E-state index contributed by atoms with van der Waals surface area (Å²) in [4.78, 5) is 4.06. The van der Waals surface area contributed by atoms with Crippen LogP contribution in [0.5, 0.6) is 11.5 Å². The highest BCUT2D eigenvalue weighted by Gasteiger charge is 2.09. The van der Waals surface area contributed by atoms with E-state index in [1.54, 1.807) is 27.5 Å². The molecule has 2 rings (SSSR count). The van der Waals surface area contributed by atoms with E-state index >= 15 is 0 Å². The highest BCUT2D eigenvalue weighted by molar-refractivity contribution is 5.62. The van der Waals surface area contributed by atoms with Gasteiger partial charge in [0.15, 0.2) is 17.3 Å². The van der Waals surface area contributed by atoms with Crippen molar-refractivity contribution in [2.45, 2.75) is 0 Å². The van der Waals surface area contributed by atoms with Crippen molar-refractivity contribution in [1.29, 1.82) is 0 Å². The van der Waals surface area contributed by atoms with E-state index in [1.165, 1.54) is 0 Å². The van der Waals surface area contributed by atoms with Gasteiger partial charge in [-0.15, -0.1) is 0 Å². The van der Waals surface area contributed by atoms with Gasteiger partial charge >= 0.3 is 0 Å². The number of hydrogen-bond acceptors (Lipinski definition) is 5. The molecule has 0 bridgehead atoms. The fourth-order valence-electron chi connectivity index (χ4n) is 1.51. The van der Waals surface area contributed by atoms with E-state index in [0.717, 1.165) is 5.56 Å². The van der Waals surface area contributed by atoms with Crippen LogP contribution in [0.4, 0.5) is 6.01 Å². The Balaban J connectivity index is 2.38. The van der Waals surface area contributed by atoms with Gasteiger partial charge in [0.2, 0.25) is 0 Å². The van der Waals surface area contributed by atoms with E-state index in [9.17, 15) is 0 Å². The predicted molar refractivity (Wildman–Crippen MR) is 64.6 cm³/mol. The molecule has 1 aromatic carbocycles. The Morgan fingerprint density at radius 2 is 1.94 bits per heavy atom. The van der Waals surface area contributed by atoms with Gasteiger partial charge in [-0.25, -0.2) is 4.98 Å². The van der Waals surface area contributed by atoms with Gasteiger partial charge in [0.25, 0.3) is 6.01 Å². The lowest BCUT2D eigenvalue weighted by Crippen LogP contribution is -1.90. The number of nitrogens with zero attached hydrogens (tertiary/aromatic N) is 1. The molecule has 0 fully saturated rings. The molecule has 2 aromatic rings. The molecule has 17 heavy (non-hydrogen) atoms. The van der Waals surface area contributed by atoms with Crippen molar-refractivity contribution in [2.24, 2.45) is 0 Å². The number of oxazole rings is 1. The number of nitrogens with one attached hydrogen (secondary N) is 1. The highest BCUT2D eigenvalue weighted by Crippen LogP contribution is 2.32. The zero-order valence-electron chi connectivity index (χ0n) is 9.98. The molecule has 90 valence electrons. The molecule has 0 saturated heterocycles. The Bertz CT molecular complexity index is 508. The Hall–Kier alpha value is -2.17. The number of anilines is 1. The van der Waals surface area contributed by atoms with Crippen LogP contribution in [0, 0.1) is 0 Å². The summed E-state index contributed by atoms with van der Waals surface area (Å²) in [7, 11) is 4.95. The average molecular weight is 234 g/mol. The van der Waals surface area contributed by atoms with E-state index in [0.29, 0.717) is 23.3 Å². The molecule has 5 heteroatoms. The van der Waals surface area contributed by atoms with Crippen LogP contribution in [-0.4, -0.2) is 26.3 Å². The smallest absolute Gasteiger partial charge is 0.294 e. The largest absolute Gasteiger partial charge is 0.493 e. The first-order chi connectivity index (χ1) is 8.28. The van der Waals surface area contributed by atoms with Gasteiger partial charge in [0, 0.05) is 12.6 Å². The summed E-state index contributed by atoms with van der Waals surface area (Å²) in [6.07, 6.45) is 1.66. The molecular formula is C12H14N2O3. The molecule has 5 nitrogen and oxygen atoms in total. The topological polar surface area (TPSA) is 56.5 Å². The quantitative estimate of drug-likeness (QED) is 0.880. The van der Waals surface area contributed by atoms with E-state index in [4.69, 9.17) is 13.9 Å². The van der Waals surface area contributed by atoms with Crippen molar-refractivity contribution in [3.05, 3.63) is 24.4 Å². The zero-order valence-corrected chi connectivity index (χ0v) is 9.98. The van der Waals surface area contributed by atoms with Gasteiger partial charge in [-0.1, -0.05) is 0 Å². The standard InChI is InChI=1S/C12H14N2O3/c1-13-12-14-7-11(17-12)8-4-5-9(15-2)10(6-8)16-3/h4-7H,1-3H3,(H,13,14). The van der Waals surface area contributed by atoms with E-state index < -0.39 is 0 Å². The minimum Gasteiger partial charge on any atom is -0.493 e. The summed E-state index contributed by atoms with van der Waals surface area (Å²) in [5.41, 5.74) is 0.886. The van der Waals surface area contributed by atoms with Gasteiger partial charge < -0.3 is 19.2 Å². The SMILES string of the molecule is CNc1ncc(-c2ccc(OC)c(OC)c2)o1. The molecule has 1 heterocycles. The van der Waals surface area contributed by atoms with Crippen LogP contribution in [-0.2, 0) is 0 Å². The van der Waals surface area contributed by atoms with E-state index in [-0.39, 0.29) is 0 Å². The summed E-state index contributed by atoms with van der Waals surface area (Å²) >= 11 is 0. The second-order valence-corrected chi connectivity index (χ2v) is 3.35. The number of methoxy groups -OCH3 is 2. The molecule has 0 saturated carbocycles. The lowest BCUT2D eigenvalue weighted by atomic mass is 10.1. The third-order valence-electron chi connectivity index (χ3n) is 2.39. The minimum atomic E-state index is 0.481. The van der Waals surface area contributed by atoms with Gasteiger partial charge in [-0.2, -0.15) is 0 Å². The molecule has 0 radical (unpaired) electrons. The van der Waals surface area contributed by atoms with Gasteiger partial charge in [0.1, 0.15) is 0 Å². The molecule has 0 aliphatic carbocycles. The molecule has 0 amide bonds. The second kappa shape index (κ2) is 4.78. The number of aromatic nitrogens is 1. The Labute approximate surface area is 99.4 Å². The Morgan fingerprint density at radius 1 is 1.18 bits per heavy atom. The minimum absolute atomic E-state index is 0.481. The van der Waals surface area contributed by atoms with Gasteiger partial charge in [-0.3, -0.25) is 0 Å². The Morgan fingerprint density at radius 3 is 2.53 bits per heavy atom. The van der Waals surface area contributed by atoms with Crippen LogP contribution in [0.2, 0.25) is 0 Å². The van der Waals surface area contributed by atoms with Crippen molar-refractivity contribution < 1.29 is 13.9 Å². The third-order valence-corrected chi connectivity index (χ3v) is 2.39. The zero-order chi connectivity index (χ0) is 12.3. The average Bonchev–Trinajstić information content (AvgIpc) is 2.86. The monoisotopic (exact) mass is 234 g/mol. The molecule has 0 unspecified atom stereocenters. The highest BCUT2D eigenvalue weighted by atomic mass is 16.5. The second-order valence-electron chi connectivity index (χ2n) is 3.35. The Kier molecular flexibility index (Phi) is 3.18. The summed E-state index contributed by atoms with van der Waals surface area (Å²) in [6.45, 7) is 0. The lowest BCUT2D eigenvalue weighted by Gasteiger charge is -2.07. The third kappa shape index (κ3) is 2.18. The number of hydrogen-bond donors (Lipinski definition) is 1. The van der Waals surface area contributed by atoms with Crippen molar-refractivity contribution in [3.63, 3.8) is 0 Å². The van der Waals surface area contributed by atoms with E-state index in [1.807, 2.05) is 18.2 Å². The summed E-state index contributed by atoms with van der Waals surface area (Å²) in [5.74, 6) is 2.02. The fourth-order valence-corrected chi connectivity index (χ4v) is 1.51. The molecule has 0 aliphatic heterocycles. The van der Waals surface area contributed by atoms with E-state index in [2.05, 4.69) is 10.3 Å². The molecule has 0 spiro atoms. The predicted octanol–water partition coefficient (Wildman–Crippen LogP) is 2.40. The first-order valence-corrected chi connectivity index (χ1v) is 5.14. The van der Waals surface area contributed by atoms with Crippen LogP contribution in [0.3, 0.4) is 0 Å². The van der Waals surface area contributed by atoms with Crippen molar-refractivity contribution in [2.75, 3.05) is 26.6 Å². The van der Waals surface area contributed by atoms with Crippen LogP contribution in [0.25, 0.3) is 11.3 Å². The van der Waals surface area contributed by atoms with Gasteiger partial charge in [0.05, 0.1) is 20.4 Å². The maximum Gasteiger partial charge on any atom is 0.294 e. The van der Waals surface area contributed by atoms with Crippen molar-refractivity contribution in [1.82, 2.24) is 4.98 Å². The van der Waals surface area contributed by atoms with Gasteiger partial charge in [-0.05, 0) is 18.2 Å². The van der Waals surface area contributed by atoms with Crippen molar-refractivity contribution in [3.8, 4) is 22.8 Å². The molecule has 0 aliphatic rings. The van der Waals surface area contributed by atoms with Crippen molar-refractivity contribution >= 4 is 6.01 Å². The molecular weight excluding hydrogens is 220 g/mol. The molecule has 1 aromatic heterocycles. The number of ether oxygens (including phenoxy) is 2. The summed E-state index contributed by atoms with van der Waals surface area (Å²) < 4.78 is 15.9. The maximum atomic E-state index is 5.47. The van der Waals surface area contributed by atoms with Crippen LogP contribution >= 0.6 is 0 Å². The molecule has 0 atom stereocenters. The normalized spacial score (nSPS) is 10.1. The van der Waals surface area contributed by atoms with Crippen LogP contribution in [0.1, 0.15) is 0 Å².